The molecule has 0 radical (unpaired) electrons. The van der Waals surface area contributed by atoms with E-state index < -0.39 is 0 Å². The summed E-state index contributed by atoms with van der Waals surface area (Å²) < 4.78 is 2.29. The third kappa shape index (κ3) is 1.63. The molecule has 0 bridgehead atoms. The van der Waals surface area contributed by atoms with Crippen LogP contribution in [0.15, 0.2) is 18.3 Å². The number of aromatic nitrogens is 3. The molecule has 2 aromatic heterocycles. The molecule has 1 fully saturated rings. The van der Waals surface area contributed by atoms with E-state index in [9.17, 15) is 0 Å². The van der Waals surface area contributed by atoms with Crippen molar-refractivity contribution in [3.8, 4) is 0 Å². The Morgan fingerprint density at radius 2 is 2.28 bits per heavy atom. The molecule has 3 rings (SSSR count). The van der Waals surface area contributed by atoms with Gasteiger partial charge in [-0.15, -0.1) is 0 Å². The summed E-state index contributed by atoms with van der Waals surface area (Å²) >= 11 is 0. The molecule has 1 saturated heterocycles. The summed E-state index contributed by atoms with van der Waals surface area (Å²) in [7, 11) is 0. The number of hydrogen-bond acceptors (Lipinski definition) is 3. The highest BCUT2D eigenvalue weighted by molar-refractivity contribution is 5.71. The smallest absolute Gasteiger partial charge is 0.160 e. The Morgan fingerprint density at radius 1 is 1.44 bits per heavy atom. The summed E-state index contributed by atoms with van der Waals surface area (Å²) in [6, 6.07) is 4.40. The average molecular weight is 244 g/mol. The Hall–Kier alpha value is -1.42. The van der Waals surface area contributed by atoms with Crippen molar-refractivity contribution in [1.29, 1.82) is 0 Å². The highest BCUT2D eigenvalue weighted by Crippen LogP contribution is 2.33. The van der Waals surface area contributed by atoms with E-state index in [1.165, 1.54) is 5.82 Å². The van der Waals surface area contributed by atoms with Gasteiger partial charge >= 0.3 is 0 Å². The van der Waals surface area contributed by atoms with Gasteiger partial charge in [0.25, 0.3) is 0 Å². The van der Waals surface area contributed by atoms with E-state index in [1.54, 1.807) is 0 Å². The van der Waals surface area contributed by atoms with Crippen molar-refractivity contribution in [2.24, 2.45) is 0 Å². The third-order valence-electron chi connectivity index (χ3n) is 3.87. The highest BCUT2D eigenvalue weighted by Gasteiger charge is 2.36. The van der Waals surface area contributed by atoms with Gasteiger partial charge in [0.05, 0.1) is 0 Å². The van der Waals surface area contributed by atoms with Crippen LogP contribution in [-0.2, 0) is 5.41 Å². The van der Waals surface area contributed by atoms with Gasteiger partial charge in [0, 0.05) is 24.2 Å². The van der Waals surface area contributed by atoms with Crippen LogP contribution in [0.25, 0.3) is 11.2 Å². The van der Waals surface area contributed by atoms with Gasteiger partial charge in [0.15, 0.2) is 5.65 Å². The van der Waals surface area contributed by atoms with E-state index in [-0.39, 0.29) is 5.41 Å². The zero-order valence-corrected chi connectivity index (χ0v) is 11.3. The number of fused-ring (bicyclic) bond motifs is 1. The molecule has 96 valence electrons. The molecular weight excluding hydrogens is 224 g/mol. The molecule has 0 saturated carbocycles. The predicted molar refractivity (Wildman–Crippen MR) is 72.8 cm³/mol. The Labute approximate surface area is 107 Å². The monoisotopic (exact) mass is 244 g/mol. The number of rotatable bonds is 2. The topological polar surface area (TPSA) is 42.7 Å². The highest BCUT2D eigenvalue weighted by atomic mass is 15.2. The van der Waals surface area contributed by atoms with Gasteiger partial charge in [0.1, 0.15) is 11.3 Å². The van der Waals surface area contributed by atoms with E-state index in [0.29, 0.717) is 6.04 Å². The van der Waals surface area contributed by atoms with Gasteiger partial charge in [-0.1, -0.05) is 6.92 Å². The Balaban J connectivity index is 2.24. The van der Waals surface area contributed by atoms with Crippen LogP contribution in [0.3, 0.4) is 0 Å². The minimum Gasteiger partial charge on any atom is -0.316 e. The zero-order chi connectivity index (χ0) is 12.8. The molecular formula is C14H20N4. The van der Waals surface area contributed by atoms with Gasteiger partial charge in [-0.25, -0.2) is 9.97 Å². The van der Waals surface area contributed by atoms with Crippen LogP contribution < -0.4 is 5.32 Å². The van der Waals surface area contributed by atoms with Crippen molar-refractivity contribution in [2.45, 2.75) is 38.6 Å². The van der Waals surface area contributed by atoms with Crippen LogP contribution >= 0.6 is 0 Å². The number of imidazole rings is 1. The second-order valence-corrected chi connectivity index (χ2v) is 5.73. The molecule has 1 unspecified atom stereocenters. The zero-order valence-electron chi connectivity index (χ0n) is 11.3. The molecule has 1 N–H and O–H groups in total. The van der Waals surface area contributed by atoms with E-state index in [1.807, 2.05) is 12.3 Å². The summed E-state index contributed by atoms with van der Waals surface area (Å²) in [4.78, 5) is 9.35. The Morgan fingerprint density at radius 3 is 2.94 bits per heavy atom. The molecule has 1 aliphatic rings. The summed E-state index contributed by atoms with van der Waals surface area (Å²) in [6.07, 6.45) is 2.99. The SMILES string of the molecule is CC(C)n1c(C2(C)CCNC2)nc2cccnc21. The molecule has 4 nitrogen and oxygen atoms in total. The van der Waals surface area contributed by atoms with Crippen molar-refractivity contribution >= 4 is 11.2 Å². The third-order valence-corrected chi connectivity index (χ3v) is 3.87. The molecule has 3 heterocycles. The van der Waals surface area contributed by atoms with Crippen LogP contribution in [0.1, 0.15) is 39.1 Å². The second kappa shape index (κ2) is 4.05. The van der Waals surface area contributed by atoms with E-state index in [2.05, 4.69) is 41.7 Å². The number of nitrogens with zero attached hydrogens (tertiary/aromatic N) is 3. The maximum absolute atomic E-state index is 4.85. The molecule has 0 aromatic carbocycles. The van der Waals surface area contributed by atoms with Gasteiger partial charge in [-0.3, -0.25) is 0 Å². The molecule has 1 atom stereocenters. The standard InChI is InChI=1S/C14H20N4/c1-10(2)18-12-11(5-4-7-16-12)17-13(18)14(3)6-8-15-9-14/h4-5,7,10,15H,6,8-9H2,1-3H3. The molecule has 4 heteroatoms. The van der Waals surface area contributed by atoms with Crippen molar-refractivity contribution in [3.05, 3.63) is 24.2 Å². The lowest BCUT2D eigenvalue weighted by Crippen LogP contribution is -2.29. The number of nitrogens with one attached hydrogen (secondary N) is 1. The molecule has 2 aromatic rings. The first-order valence-corrected chi connectivity index (χ1v) is 6.66. The van der Waals surface area contributed by atoms with Gasteiger partial charge < -0.3 is 9.88 Å². The normalized spacial score (nSPS) is 24.2. The lowest BCUT2D eigenvalue weighted by Gasteiger charge is -2.25. The lowest BCUT2D eigenvalue weighted by molar-refractivity contribution is 0.441. The maximum Gasteiger partial charge on any atom is 0.160 e. The van der Waals surface area contributed by atoms with Gasteiger partial charge in [0.2, 0.25) is 0 Å². The summed E-state index contributed by atoms with van der Waals surface area (Å²) in [5.74, 6) is 1.18. The summed E-state index contributed by atoms with van der Waals surface area (Å²) in [5, 5.41) is 3.45. The predicted octanol–water partition coefficient (Wildman–Crippen LogP) is 2.26. The van der Waals surface area contributed by atoms with Crippen LogP contribution in [0.5, 0.6) is 0 Å². The number of pyridine rings is 1. The van der Waals surface area contributed by atoms with E-state index in [0.717, 1.165) is 30.7 Å². The fraction of sp³-hybridized carbons (Fsp3) is 0.571. The fourth-order valence-electron chi connectivity index (χ4n) is 2.85. The lowest BCUT2D eigenvalue weighted by atomic mass is 9.88. The maximum atomic E-state index is 4.85. The molecule has 0 spiro atoms. The number of hydrogen-bond donors (Lipinski definition) is 1. The van der Waals surface area contributed by atoms with Crippen LogP contribution in [0.4, 0.5) is 0 Å². The van der Waals surface area contributed by atoms with Gasteiger partial charge in [-0.2, -0.15) is 0 Å². The first kappa shape index (κ1) is 11.7. The Kier molecular flexibility index (Phi) is 2.63. The minimum absolute atomic E-state index is 0.130. The van der Waals surface area contributed by atoms with Crippen molar-refractivity contribution in [2.75, 3.05) is 13.1 Å². The van der Waals surface area contributed by atoms with E-state index >= 15 is 0 Å². The van der Waals surface area contributed by atoms with Crippen molar-refractivity contribution in [3.63, 3.8) is 0 Å². The first-order chi connectivity index (χ1) is 8.62. The summed E-state index contributed by atoms with van der Waals surface area (Å²) in [6.45, 7) is 8.78. The van der Waals surface area contributed by atoms with E-state index in [4.69, 9.17) is 4.98 Å². The summed E-state index contributed by atoms with van der Waals surface area (Å²) in [5.41, 5.74) is 2.15. The van der Waals surface area contributed by atoms with Crippen molar-refractivity contribution in [1.82, 2.24) is 19.9 Å². The fourth-order valence-corrected chi connectivity index (χ4v) is 2.85. The molecule has 18 heavy (non-hydrogen) atoms. The minimum atomic E-state index is 0.130. The van der Waals surface area contributed by atoms with Crippen LogP contribution in [-0.4, -0.2) is 27.6 Å². The van der Waals surface area contributed by atoms with Crippen molar-refractivity contribution < 1.29 is 0 Å². The largest absolute Gasteiger partial charge is 0.316 e. The molecule has 0 aliphatic carbocycles. The quantitative estimate of drug-likeness (QED) is 0.881. The first-order valence-electron chi connectivity index (χ1n) is 6.66. The molecule has 1 aliphatic heterocycles. The van der Waals surface area contributed by atoms with Crippen LogP contribution in [0.2, 0.25) is 0 Å². The van der Waals surface area contributed by atoms with Crippen LogP contribution in [0, 0.1) is 0 Å². The van der Waals surface area contributed by atoms with Gasteiger partial charge in [-0.05, 0) is 38.9 Å². The molecule has 0 amide bonds. The Bertz CT molecular complexity index is 564. The average Bonchev–Trinajstić information content (AvgIpc) is 2.93. The second-order valence-electron chi connectivity index (χ2n) is 5.73.